The fourth-order valence-electron chi connectivity index (χ4n) is 4.09. The lowest BCUT2D eigenvalue weighted by molar-refractivity contribution is -0.131. The number of nitrogens with one attached hydrogen (secondary N) is 1. The van der Waals surface area contributed by atoms with Crippen molar-refractivity contribution in [1.29, 1.82) is 0 Å². The molecule has 1 spiro atoms. The second-order valence-electron chi connectivity index (χ2n) is 6.99. The van der Waals surface area contributed by atoms with Gasteiger partial charge in [0.05, 0.1) is 6.54 Å². The van der Waals surface area contributed by atoms with E-state index in [2.05, 4.69) is 5.32 Å². The summed E-state index contributed by atoms with van der Waals surface area (Å²) >= 11 is 1.54. The summed E-state index contributed by atoms with van der Waals surface area (Å²) in [6.45, 7) is 3.61. The van der Waals surface area contributed by atoms with E-state index in [0.717, 1.165) is 38.6 Å². The van der Waals surface area contributed by atoms with Gasteiger partial charge in [-0.2, -0.15) is 0 Å². The van der Waals surface area contributed by atoms with Gasteiger partial charge in [0.25, 0.3) is 5.91 Å². The molecule has 1 saturated heterocycles. The summed E-state index contributed by atoms with van der Waals surface area (Å²) < 4.78 is 0. The molecule has 134 valence electrons. The highest BCUT2D eigenvalue weighted by Gasteiger charge is 2.54. The first-order chi connectivity index (χ1) is 12.4. The molecule has 0 saturated carbocycles. The highest BCUT2D eigenvalue weighted by molar-refractivity contribution is 7.12. The Kier molecular flexibility index (Phi) is 3.95. The van der Waals surface area contributed by atoms with Crippen LogP contribution in [-0.2, 0) is 16.8 Å². The van der Waals surface area contributed by atoms with E-state index in [-0.39, 0.29) is 18.2 Å². The molecule has 0 radical (unpaired) electrons. The SMILES string of the molecule is Cc1cc(C(=O)CN2C(=O)N[C@@]3(CCCc4ccccc43)C2=O)c(C)s1. The number of imide groups is 1. The van der Waals surface area contributed by atoms with E-state index in [1.165, 1.54) is 0 Å². The zero-order valence-electron chi connectivity index (χ0n) is 14.8. The Bertz CT molecular complexity index is 933. The number of urea groups is 1. The first-order valence-corrected chi connectivity index (χ1v) is 9.57. The second-order valence-corrected chi connectivity index (χ2v) is 8.45. The Morgan fingerprint density at radius 3 is 2.77 bits per heavy atom. The minimum absolute atomic E-state index is 0.198. The predicted octanol–water partition coefficient (Wildman–Crippen LogP) is 3.33. The third kappa shape index (κ3) is 2.48. The Labute approximate surface area is 156 Å². The molecule has 5 nitrogen and oxygen atoms in total. The van der Waals surface area contributed by atoms with E-state index in [4.69, 9.17) is 0 Å². The van der Waals surface area contributed by atoms with Crippen molar-refractivity contribution in [3.63, 3.8) is 0 Å². The molecule has 2 heterocycles. The number of aryl methyl sites for hydroxylation is 3. The van der Waals surface area contributed by atoms with Gasteiger partial charge in [-0.15, -0.1) is 11.3 Å². The second kappa shape index (κ2) is 6.06. The Balaban J connectivity index is 1.65. The highest BCUT2D eigenvalue weighted by atomic mass is 32.1. The molecule has 0 bridgehead atoms. The molecular weight excluding hydrogens is 348 g/mol. The first kappa shape index (κ1) is 17.0. The molecule has 1 aliphatic carbocycles. The summed E-state index contributed by atoms with van der Waals surface area (Å²) in [5.41, 5.74) is 1.52. The molecule has 2 aliphatic rings. The molecule has 1 aromatic heterocycles. The number of Topliss-reactive ketones (excluding diaryl/α,β-unsaturated/α-hetero) is 1. The molecule has 3 amide bonds. The summed E-state index contributed by atoms with van der Waals surface area (Å²) in [6.07, 6.45) is 2.29. The monoisotopic (exact) mass is 368 g/mol. The molecule has 1 aliphatic heterocycles. The van der Waals surface area contributed by atoms with Crippen LogP contribution in [0.3, 0.4) is 0 Å². The molecule has 2 aromatic rings. The maximum atomic E-state index is 13.2. The number of nitrogens with zero attached hydrogens (tertiary/aromatic N) is 1. The van der Waals surface area contributed by atoms with Gasteiger partial charge in [0.15, 0.2) is 5.78 Å². The van der Waals surface area contributed by atoms with Gasteiger partial charge in [-0.25, -0.2) is 4.79 Å². The predicted molar refractivity (Wildman–Crippen MR) is 99.4 cm³/mol. The van der Waals surface area contributed by atoms with Crippen molar-refractivity contribution < 1.29 is 14.4 Å². The van der Waals surface area contributed by atoms with Crippen LogP contribution in [0, 0.1) is 13.8 Å². The Morgan fingerprint density at radius 1 is 1.27 bits per heavy atom. The van der Waals surface area contributed by atoms with E-state index < -0.39 is 11.6 Å². The van der Waals surface area contributed by atoms with E-state index in [1.54, 1.807) is 11.3 Å². The number of hydrogen-bond acceptors (Lipinski definition) is 4. The van der Waals surface area contributed by atoms with Gasteiger partial charge in [-0.05, 0) is 50.3 Å². The molecule has 4 rings (SSSR count). The van der Waals surface area contributed by atoms with Crippen molar-refractivity contribution in [3.05, 3.63) is 56.8 Å². The lowest BCUT2D eigenvalue weighted by Crippen LogP contribution is -2.46. The largest absolute Gasteiger partial charge is 0.325 e. The van der Waals surface area contributed by atoms with Crippen LogP contribution >= 0.6 is 11.3 Å². The zero-order valence-corrected chi connectivity index (χ0v) is 15.6. The maximum absolute atomic E-state index is 13.2. The number of thiophene rings is 1. The molecule has 0 unspecified atom stereocenters. The fraction of sp³-hybridized carbons (Fsp3) is 0.350. The van der Waals surface area contributed by atoms with Crippen LogP contribution < -0.4 is 5.32 Å². The lowest BCUT2D eigenvalue weighted by Gasteiger charge is -2.33. The molecule has 1 atom stereocenters. The van der Waals surface area contributed by atoms with Crippen molar-refractivity contribution in [1.82, 2.24) is 10.2 Å². The molecule has 1 fully saturated rings. The van der Waals surface area contributed by atoms with E-state index in [1.807, 2.05) is 44.2 Å². The van der Waals surface area contributed by atoms with E-state index >= 15 is 0 Å². The van der Waals surface area contributed by atoms with Gasteiger partial charge in [-0.1, -0.05) is 24.3 Å². The molecule has 1 N–H and O–H groups in total. The molecule has 1 aromatic carbocycles. The Morgan fingerprint density at radius 2 is 2.04 bits per heavy atom. The Hall–Kier alpha value is -2.47. The van der Waals surface area contributed by atoms with Crippen LogP contribution in [0.15, 0.2) is 30.3 Å². The smallest absolute Gasteiger partial charge is 0.319 e. The quantitative estimate of drug-likeness (QED) is 0.667. The van der Waals surface area contributed by atoms with Crippen LogP contribution in [0.2, 0.25) is 0 Å². The maximum Gasteiger partial charge on any atom is 0.325 e. The van der Waals surface area contributed by atoms with Gasteiger partial charge in [0.2, 0.25) is 0 Å². The van der Waals surface area contributed by atoms with Gasteiger partial charge in [0.1, 0.15) is 5.54 Å². The third-order valence-electron chi connectivity index (χ3n) is 5.29. The normalized spacial score (nSPS) is 21.8. The first-order valence-electron chi connectivity index (χ1n) is 8.75. The average Bonchev–Trinajstić information content (AvgIpc) is 3.07. The highest BCUT2D eigenvalue weighted by Crippen LogP contribution is 2.40. The zero-order chi connectivity index (χ0) is 18.5. The average molecular weight is 368 g/mol. The summed E-state index contributed by atoms with van der Waals surface area (Å²) in [4.78, 5) is 41.5. The summed E-state index contributed by atoms with van der Waals surface area (Å²) in [5.74, 6) is -0.510. The number of rotatable bonds is 3. The van der Waals surface area contributed by atoms with Crippen LogP contribution in [0.25, 0.3) is 0 Å². The van der Waals surface area contributed by atoms with Gasteiger partial charge < -0.3 is 5.32 Å². The van der Waals surface area contributed by atoms with Crippen molar-refractivity contribution in [2.45, 2.75) is 38.6 Å². The van der Waals surface area contributed by atoms with Crippen LogP contribution in [0.1, 0.15) is 44.1 Å². The van der Waals surface area contributed by atoms with E-state index in [0.29, 0.717) is 12.0 Å². The summed E-state index contributed by atoms with van der Waals surface area (Å²) in [5, 5.41) is 2.89. The summed E-state index contributed by atoms with van der Waals surface area (Å²) in [7, 11) is 0. The summed E-state index contributed by atoms with van der Waals surface area (Å²) in [6, 6.07) is 9.08. The third-order valence-corrected chi connectivity index (χ3v) is 6.26. The standard InChI is InChI=1S/C20H20N2O3S/c1-12-10-15(13(2)26-12)17(23)11-22-18(24)20(21-19(22)25)9-5-7-14-6-3-4-8-16(14)20/h3-4,6,8,10H,5,7,9,11H2,1-2H3,(H,21,25)/t20-/m1/s1. The number of carbonyl (C=O) groups excluding carboxylic acids is 3. The van der Waals surface area contributed by atoms with Crippen molar-refractivity contribution >= 4 is 29.1 Å². The minimum atomic E-state index is -1.02. The van der Waals surface area contributed by atoms with Crippen LogP contribution in [0.5, 0.6) is 0 Å². The molecular formula is C20H20N2O3S. The number of amides is 3. The van der Waals surface area contributed by atoms with Crippen molar-refractivity contribution in [2.24, 2.45) is 0 Å². The van der Waals surface area contributed by atoms with Crippen LogP contribution in [-0.4, -0.2) is 29.2 Å². The fourth-order valence-corrected chi connectivity index (χ4v) is 5.03. The molecule has 26 heavy (non-hydrogen) atoms. The van der Waals surface area contributed by atoms with Gasteiger partial charge in [0, 0.05) is 15.3 Å². The molecule has 6 heteroatoms. The number of carbonyl (C=O) groups is 3. The number of hydrogen-bond donors (Lipinski definition) is 1. The minimum Gasteiger partial charge on any atom is -0.319 e. The number of fused-ring (bicyclic) bond motifs is 2. The topological polar surface area (TPSA) is 66.5 Å². The van der Waals surface area contributed by atoms with Crippen molar-refractivity contribution in [2.75, 3.05) is 6.54 Å². The van der Waals surface area contributed by atoms with Crippen LogP contribution in [0.4, 0.5) is 4.79 Å². The van der Waals surface area contributed by atoms with Gasteiger partial charge in [-0.3, -0.25) is 14.5 Å². The number of ketones is 1. The van der Waals surface area contributed by atoms with E-state index in [9.17, 15) is 14.4 Å². The van der Waals surface area contributed by atoms with Gasteiger partial charge >= 0.3 is 6.03 Å². The number of benzene rings is 1. The van der Waals surface area contributed by atoms with Crippen molar-refractivity contribution in [3.8, 4) is 0 Å². The lowest BCUT2D eigenvalue weighted by atomic mass is 9.76.